The first-order valence-electron chi connectivity index (χ1n) is 8.54. The molecule has 0 spiro atoms. The van der Waals surface area contributed by atoms with E-state index in [1.165, 1.54) is 0 Å². The fourth-order valence-electron chi connectivity index (χ4n) is 2.30. The van der Waals surface area contributed by atoms with E-state index in [2.05, 4.69) is 35.3 Å². The lowest BCUT2D eigenvalue weighted by molar-refractivity contribution is 1.16. The van der Waals surface area contributed by atoms with E-state index < -0.39 is 0 Å². The molecule has 0 aliphatic carbocycles. The summed E-state index contributed by atoms with van der Waals surface area (Å²) in [6.45, 7) is 12.2. The predicted octanol–water partition coefficient (Wildman–Crippen LogP) is 5.69. The lowest BCUT2D eigenvalue weighted by Crippen LogP contribution is -2.03. The van der Waals surface area contributed by atoms with Crippen molar-refractivity contribution < 1.29 is 0 Å². The SMILES string of the molecule is C=Cc1ccc(C#Cc2ccc(NC/C(=C/C(=C)C)N=CC)cc2)cc1. The van der Waals surface area contributed by atoms with Gasteiger partial charge in [0.25, 0.3) is 0 Å². The quantitative estimate of drug-likeness (QED) is 0.407. The van der Waals surface area contributed by atoms with Crippen LogP contribution in [0, 0.1) is 11.8 Å². The first-order chi connectivity index (χ1) is 12.6. The van der Waals surface area contributed by atoms with E-state index in [1.54, 1.807) is 6.21 Å². The standard InChI is InChI=1S/C24H24N2/c1-5-20-7-9-21(10-8-20)11-12-22-13-15-23(16-14-22)26-18-24(25-6-2)17-19(3)4/h5-10,13-17,26H,1,3,18H2,2,4H3/b24-17-,25-6?. The molecule has 2 aromatic rings. The van der Waals surface area contributed by atoms with E-state index in [0.717, 1.165) is 33.6 Å². The molecule has 130 valence electrons. The molecule has 26 heavy (non-hydrogen) atoms. The molecule has 1 N–H and O–H groups in total. The Morgan fingerprint density at radius 3 is 2.12 bits per heavy atom. The van der Waals surface area contributed by atoms with E-state index in [4.69, 9.17) is 0 Å². The van der Waals surface area contributed by atoms with E-state index in [0.29, 0.717) is 6.54 Å². The zero-order valence-corrected chi connectivity index (χ0v) is 15.4. The van der Waals surface area contributed by atoms with Crippen LogP contribution in [0.25, 0.3) is 6.08 Å². The summed E-state index contributed by atoms with van der Waals surface area (Å²) in [7, 11) is 0. The van der Waals surface area contributed by atoms with Crippen LogP contribution in [0.3, 0.4) is 0 Å². The Balaban J connectivity index is 2.00. The van der Waals surface area contributed by atoms with Crippen LogP contribution in [0.2, 0.25) is 0 Å². The molecule has 0 fully saturated rings. The van der Waals surface area contributed by atoms with Gasteiger partial charge in [-0.2, -0.15) is 0 Å². The van der Waals surface area contributed by atoms with Gasteiger partial charge in [0.15, 0.2) is 0 Å². The minimum Gasteiger partial charge on any atom is -0.379 e. The van der Waals surface area contributed by atoms with E-state index in [-0.39, 0.29) is 0 Å². The van der Waals surface area contributed by atoms with E-state index in [1.807, 2.05) is 74.5 Å². The van der Waals surface area contributed by atoms with Crippen molar-refractivity contribution >= 4 is 18.0 Å². The number of nitrogens with zero attached hydrogens (tertiary/aromatic N) is 1. The monoisotopic (exact) mass is 340 g/mol. The number of rotatable bonds is 6. The van der Waals surface area contributed by atoms with Gasteiger partial charge < -0.3 is 5.32 Å². The third kappa shape index (κ3) is 6.30. The number of hydrogen-bond acceptors (Lipinski definition) is 2. The summed E-state index contributed by atoms with van der Waals surface area (Å²) in [4.78, 5) is 4.36. The molecule has 2 rings (SSSR count). The number of benzene rings is 2. The van der Waals surface area contributed by atoms with Gasteiger partial charge in [0, 0.05) is 23.0 Å². The summed E-state index contributed by atoms with van der Waals surface area (Å²) in [5.41, 5.74) is 6.03. The number of hydrogen-bond donors (Lipinski definition) is 1. The Hall–Kier alpha value is -3.31. The molecule has 0 unspecified atom stereocenters. The second-order valence-electron chi connectivity index (χ2n) is 5.88. The van der Waals surface area contributed by atoms with Gasteiger partial charge in [0.1, 0.15) is 0 Å². The minimum absolute atomic E-state index is 0.651. The van der Waals surface area contributed by atoms with Crippen LogP contribution in [0.4, 0.5) is 5.69 Å². The summed E-state index contributed by atoms with van der Waals surface area (Å²) in [5, 5.41) is 3.37. The molecule has 0 heterocycles. The average molecular weight is 340 g/mol. The highest BCUT2D eigenvalue weighted by Crippen LogP contribution is 2.11. The van der Waals surface area contributed by atoms with Crippen LogP contribution in [0.1, 0.15) is 30.5 Å². The number of allylic oxidation sites excluding steroid dienone is 2. The molecule has 0 aromatic heterocycles. The molecular weight excluding hydrogens is 316 g/mol. The van der Waals surface area contributed by atoms with Crippen LogP contribution in [-0.2, 0) is 0 Å². The summed E-state index contributed by atoms with van der Waals surface area (Å²) < 4.78 is 0. The van der Waals surface area contributed by atoms with Gasteiger partial charge in [-0.15, -0.1) is 0 Å². The molecule has 0 amide bonds. The fourth-order valence-corrected chi connectivity index (χ4v) is 2.30. The fraction of sp³-hybridized carbons (Fsp3) is 0.125. The van der Waals surface area contributed by atoms with Gasteiger partial charge in [-0.25, -0.2) is 0 Å². The van der Waals surface area contributed by atoms with Crippen LogP contribution in [-0.4, -0.2) is 12.8 Å². The maximum atomic E-state index is 4.36. The van der Waals surface area contributed by atoms with Gasteiger partial charge >= 0.3 is 0 Å². The van der Waals surface area contributed by atoms with Gasteiger partial charge in [-0.1, -0.05) is 48.8 Å². The summed E-state index contributed by atoms with van der Waals surface area (Å²) in [6.07, 6.45) is 5.59. The maximum Gasteiger partial charge on any atom is 0.0593 e. The number of nitrogens with one attached hydrogen (secondary N) is 1. The third-order valence-corrected chi connectivity index (χ3v) is 3.56. The van der Waals surface area contributed by atoms with Crippen molar-refractivity contribution in [1.82, 2.24) is 0 Å². The topological polar surface area (TPSA) is 24.4 Å². The van der Waals surface area contributed by atoms with Crippen molar-refractivity contribution in [2.24, 2.45) is 4.99 Å². The lowest BCUT2D eigenvalue weighted by Gasteiger charge is -2.07. The van der Waals surface area contributed by atoms with Gasteiger partial charge in [0.05, 0.1) is 12.2 Å². The predicted molar refractivity (Wildman–Crippen MR) is 115 cm³/mol. The van der Waals surface area contributed by atoms with Gasteiger partial charge in [0.2, 0.25) is 0 Å². The van der Waals surface area contributed by atoms with Crippen molar-refractivity contribution in [2.75, 3.05) is 11.9 Å². The number of aliphatic imine (C=N–C) groups is 1. The molecule has 0 bridgehead atoms. The smallest absolute Gasteiger partial charge is 0.0593 e. The Morgan fingerprint density at radius 1 is 1.04 bits per heavy atom. The molecule has 0 atom stereocenters. The zero-order chi connectivity index (χ0) is 18.8. The lowest BCUT2D eigenvalue weighted by atomic mass is 10.1. The van der Waals surface area contributed by atoms with Crippen molar-refractivity contribution in [3.63, 3.8) is 0 Å². The zero-order valence-electron chi connectivity index (χ0n) is 15.4. The van der Waals surface area contributed by atoms with Crippen LogP contribution in [0.5, 0.6) is 0 Å². The second kappa shape index (κ2) is 9.86. The molecule has 2 heteroatoms. The van der Waals surface area contributed by atoms with E-state index >= 15 is 0 Å². The molecule has 2 aromatic carbocycles. The average Bonchev–Trinajstić information content (AvgIpc) is 2.65. The Bertz CT molecular complexity index is 871. The highest BCUT2D eigenvalue weighted by atomic mass is 14.9. The maximum absolute atomic E-state index is 4.36. The molecule has 0 saturated heterocycles. The van der Waals surface area contributed by atoms with Crippen molar-refractivity contribution in [2.45, 2.75) is 13.8 Å². The molecular formula is C24H24N2. The minimum atomic E-state index is 0.651. The van der Waals surface area contributed by atoms with Gasteiger partial charge in [-0.3, -0.25) is 4.99 Å². The molecule has 0 aliphatic rings. The van der Waals surface area contributed by atoms with E-state index in [9.17, 15) is 0 Å². The Morgan fingerprint density at radius 2 is 1.62 bits per heavy atom. The van der Waals surface area contributed by atoms with Crippen LogP contribution < -0.4 is 5.32 Å². The van der Waals surface area contributed by atoms with Crippen LogP contribution >= 0.6 is 0 Å². The highest BCUT2D eigenvalue weighted by molar-refractivity contribution is 5.57. The number of anilines is 1. The van der Waals surface area contributed by atoms with Crippen LogP contribution in [0.15, 0.2) is 84.0 Å². The van der Waals surface area contributed by atoms with Crippen molar-refractivity contribution in [3.05, 3.63) is 95.7 Å². The first-order valence-corrected chi connectivity index (χ1v) is 8.54. The Labute approximate surface area is 156 Å². The summed E-state index contributed by atoms with van der Waals surface area (Å²) in [6, 6.07) is 16.1. The van der Waals surface area contributed by atoms with Crippen molar-refractivity contribution in [1.29, 1.82) is 0 Å². The summed E-state index contributed by atoms with van der Waals surface area (Å²) in [5.74, 6) is 6.36. The molecule has 0 radical (unpaired) electrons. The third-order valence-electron chi connectivity index (χ3n) is 3.56. The first kappa shape index (κ1) is 19.0. The summed E-state index contributed by atoms with van der Waals surface area (Å²) >= 11 is 0. The van der Waals surface area contributed by atoms with Gasteiger partial charge in [-0.05, 0) is 61.9 Å². The molecule has 0 aliphatic heterocycles. The largest absolute Gasteiger partial charge is 0.379 e. The second-order valence-corrected chi connectivity index (χ2v) is 5.88. The highest BCUT2D eigenvalue weighted by Gasteiger charge is 1.96. The normalized spacial score (nSPS) is 10.9. The molecule has 2 nitrogen and oxygen atoms in total. The Kier molecular flexibility index (Phi) is 7.21. The van der Waals surface area contributed by atoms with Crippen molar-refractivity contribution in [3.8, 4) is 11.8 Å². The molecule has 0 saturated carbocycles.